The fourth-order valence-corrected chi connectivity index (χ4v) is 4.00. The molecule has 0 aliphatic rings. The van der Waals surface area contributed by atoms with Crippen molar-refractivity contribution in [3.8, 4) is 11.3 Å². The van der Waals surface area contributed by atoms with Gasteiger partial charge in [0.25, 0.3) is 0 Å². The van der Waals surface area contributed by atoms with Gasteiger partial charge in [0.2, 0.25) is 5.91 Å². The summed E-state index contributed by atoms with van der Waals surface area (Å²) in [5.74, 6) is -0.0415. The number of carbonyl (C=O) groups excluding carboxylic acids is 1. The molecule has 0 radical (unpaired) electrons. The van der Waals surface area contributed by atoms with Crippen molar-refractivity contribution in [3.63, 3.8) is 0 Å². The Morgan fingerprint density at radius 2 is 1.72 bits per heavy atom. The number of aromatic nitrogens is 2. The molecule has 162 valence electrons. The molecule has 2 aromatic carbocycles. The van der Waals surface area contributed by atoms with Gasteiger partial charge in [-0.1, -0.05) is 61.4 Å². The molecular weight excluding hydrogens is 394 g/mol. The predicted octanol–water partition coefficient (Wildman–Crippen LogP) is 5.51. The smallest absolute Gasteiger partial charge is 0.244 e. The monoisotopic (exact) mass is 424 g/mol. The second kappa shape index (κ2) is 11.1. The molecule has 0 unspecified atom stereocenters. The topological polar surface area (TPSA) is 48.2 Å². The first-order valence-corrected chi connectivity index (χ1v) is 11.4. The molecule has 4 rings (SSSR count). The highest BCUT2D eigenvalue weighted by Gasteiger charge is 2.09. The standard InChI is InChI=1S/C28H29N3O/c32-28(17-16-23-11-10-18-29-22-23)30-19-8-1-2-9-20-31-26-15-7-6-14-25(26)21-27(31)24-12-4-3-5-13-24/h3-7,10-18,21-22H,1-2,8-9,19-20H2,(H,30,32)/p+1/b17-16+. The summed E-state index contributed by atoms with van der Waals surface area (Å²) in [5.41, 5.74) is 4.81. The zero-order valence-corrected chi connectivity index (χ0v) is 18.3. The molecule has 0 saturated heterocycles. The molecule has 0 saturated carbocycles. The summed E-state index contributed by atoms with van der Waals surface area (Å²) in [6.45, 7) is 1.72. The number of nitrogens with zero attached hydrogens (tertiary/aromatic N) is 1. The van der Waals surface area contributed by atoms with E-state index in [1.54, 1.807) is 6.08 Å². The van der Waals surface area contributed by atoms with Crippen LogP contribution in [0.3, 0.4) is 0 Å². The number of hydrogen-bond donors (Lipinski definition) is 1. The zero-order valence-electron chi connectivity index (χ0n) is 18.3. The maximum atomic E-state index is 11.9. The predicted molar refractivity (Wildman–Crippen MR) is 131 cm³/mol. The number of carbonyl (C=O) groups is 1. The Morgan fingerprint density at radius 3 is 2.56 bits per heavy atom. The number of amides is 1. The lowest BCUT2D eigenvalue weighted by Gasteiger charge is -2.11. The number of hydrogen-bond acceptors (Lipinski definition) is 1. The number of para-hydroxylation sites is 1. The number of rotatable bonds is 10. The first-order chi connectivity index (χ1) is 15.8. The Kier molecular flexibility index (Phi) is 7.48. The SMILES string of the molecule is O=C(/C=C/c1ccc[nH+]c1)NCCCCCCn1c(-c2ccccc2)cc2ccccc21. The lowest BCUT2D eigenvalue weighted by atomic mass is 10.1. The number of aryl methyl sites for hydroxylation is 1. The highest BCUT2D eigenvalue weighted by atomic mass is 16.1. The number of aromatic amines is 1. The van der Waals surface area contributed by atoms with Crippen LogP contribution in [0, 0.1) is 0 Å². The van der Waals surface area contributed by atoms with Crippen LogP contribution in [0.25, 0.3) is 28.2 Å². The van der Waals surface area contributed by atoms with Crippen LogP contribution in [-0.2, 0) is 11.3 Å². The molecular formula is C28H30N3O+. The van der Waals surface area contributed by atoms with Gasteiger partial charge in [0.05, 0.1) is 0 Å². The molecule has 4 heteroatoms. The fraction of sp³-hybridized carbons (Fsp3) is 0.214. The molecule has 0 bridgehead atoms. The van der Waals surface area contributed by atoms with Crippen LogP contribution < -0.4 is 10.3 Å². The maximum absolute atomic E-state index is 11.9. The molecule has 0 aliphatic heterocycles. The molecule has 4 aromatic rings. The Balaban J connectivity index is 1.23. The Morgan fingerprint density at radius 1 is 0.906 bits per heavy atom. The molecule has 32 heavy (non-hydrogen) atoms. The van der Waals surface area contributed by atoms with Crippen molar-refractivity contribution in [3.05, 3.63) is 96.8 Å². The van der Waals surface area contributed by atoms with Gasteiger partial charge in [-0.25, -0.2) is 4.98 Å². The van der Waals surface area contributed by atoms with E-state index in [0.717, 1.165) is 37.8 Å². The van der Waals surface area contributed by atoms with Gasteiger partial charge in [0, 0.05) is 47.4 Å². The maximum Gasteiger partial charge on any atom is 0.244 e. The summed E-state index contributed by atoms with van der Waals surface area (Å²) in [6, 6.07) is 25.4. The van der Waals surface area contributed by atoms with Crippen molar-refractivity contribution in [2.45, 2.75) is 32.2 Å². The largest absolute Gasteiger partial charge is 0.353 e. The summed E-state index contributed by atoms with van der Waals surface area (Å²) in [4.78, 5) is 15.0. The van der Waals surface area contributed by atoms with E-state index in [0.29, 0.717) is 6.54 Å². The van der Waals surface area contributed by atoms with Gasteiger partial charge in [-0.3, -0.25) is 4.79 Å². The quantitative estimate of drug-likeness (QED) is 0.265. The second-order valence-corrected chi connectivity index (χ2v) is 7.98. The van der Waals surface area contributed by atoms with E-state index in [1.165, 1.54) is 22.2 Å². The van der Waals surface area contributed by atoms with Crippen molar-refractivity contribution in [2.75, 3.05) is 6.54 Å². The average molecular weight is 425 g/mol. The molecule has 1 amide bonds. The number of unbranched alkanes of at least 4 members (excludes halogenated alkanes) is 3. The van der Waals surface area contributed by atoms with Gasteiger partial charge in [0.15, 0.2) is 12.4 Å². The van der Waals surface area contributed by atoms with Crippen molar-refractivity contribution < 1.29 is 9.78 Å². The van der Waals surface area contributed by atoms with Crippen molar-refractivity contribution >= 4 is 22.9 Å². The Hall–Kier alpha value is -3.66. The average Bonchev–Trinajstić information content (AvgIpc) is 3.22. The van der Waals surface area contributed by atoms with Crippen LogP contribution >= 0.6 is 0 Å². The van der Waals surface area contributed by atoms with Gasteiger partial charge < -0.3 is 9.88 Å². The van der Waals surface area contributed by atoms with E-state index in [1.807, 2.05) is 30.6 Å². The van der Waals surface area contributed by atoms with Crippen LogP contribution in [0.2, 0.25) is 0 Å². The van der Waals surface area contributed by atoms with Crippen molar-refractivity contribution in [1.29, 1.82) is 0 Å². The zero-order chi connectivity index (χ0) is 22.0. The number of fused-ring (bicyclic) bond motifs is 1. The minimum atomic E-state index is -0.0415. The third-order valence-electron chi connectivity index (χ3n) is 5.65. The summed E-state index contributed by atoms with van der Waals surface area (Å²) in [7, 11) is 0. The van der Waals surface area contributed by atoms with Crippen LogP contribution in [0.1, 0.15) is 31.2 Å². The number of nitrogens with one attached hydrogen (secondary N) is 2. The molecule has 0 fully saturated rings. The normalized spacial score (nSPS) is 11.2. The van der Waals surface area contributed by atoms with Gasteiger partial charge >= 0.3 is 0 Å². The molecule has 2 heterocycles. The first kappa shape index (κ1) is 21.6. The van der Waals surface area contributed by atoms with Gasteiger partial charge in [-0.15, -0.1) is 0 Å². The lowest BCUT2D eigenvalue weighted by Crippen LogP contribution is -2.22. The summed E-state index contributed by atoms with van der Waals surface area (Å²) in [5, 5.41) is 4.26. The van der Waals surface area contributed by atoms with E-state index in [4.69, 9.17) is 0 Å². The van der Waals surface area contributed by atoms with Crippen LogP contribution in [0.5, 0.6) is 0 Å². The van der Waals surface area contributed by atoms with Crippen molar-refractivity contribution in [2.24, 2.45) is 0 Å². The van der Waals surface area contributed by atoms with Gasteiger partial charge in [-0.2, -0.15) is 0 Å². The number of benzene rings is 2. The summed E-state index contributed by atoms with van der Waals surface area (Å²) < 4.78 is 2.44. The summed E-state index contributed by atoms with van der Waals surface area (Å²) >= 11 is 0. The van der Waals surface area contributed by atoms with E-state index < -0.39 is 0 Å². The molecule has 4 nitrogen and oxygen atoms in total. The highest BCUT2D eigenvalue weighted by Crippen LogP contribution is 2.28. The fourth-order valence-electron chi connectivity index (χ4n) is 4.00. The number of pyridine rings is 1. The third-order valence-corrected chi connectivity index (χ3v) is 5.65. The lowest BCUT2D eigenvalue weighted by molar-refractivity contribution is -0.378. The molecule has 2 N–H and O–H groups in total. The minimum Gasteiger partial charge on any atom is -0.353 e. The molecule has 0 aliphatic carbocycles. The minimum absolute atomic E-state index is 0.0415. The van der Waals surface area contributed by atoms with Crippen molar-refractivity contribution in [1.82, 2.24) is 9.88 Å². The van der Waals surface area contributed by atoms with Gasteiger partial charge in [-0.05, 0) is 42.7 Å². The van der Waals surface area contributed by atoms with Crippen LogP contribution in [0.4, 0.5) is 0 Å². The Bertz CT molecular complexity index is 1160. The van der Waals surface area contributed by atoms with E-state index >= 15 is 0 Å². The first-order valence-electron chi connectivity index (χ1n) is 11.4. The molecule has 0 spiro atoms. The van der Waals surface area contributed by atoms with Crippen LogP contribution in [0.15, 0.2) is 91.3 Å². The van der Waals surface area contributed by atoms with Crippen LogP contribution in [-0.4, -0.2) is 17.0 Å². The van der Waals surface area contributed by atoms with E-state index in [2.05, 4.69) is 75.5 Å². The second-order valence-electron chi connectivity index (χ2n) is 7.98. The Labute approximate surface area is 189 Å². The molecule has 2 aromatic heterocycles. The summed E-state index contributed by atoms with van der Waals surface area (Å²) in [6.07, 6.45) is 11.5. The third kappa shape index (κ3) is 5.73. The molecule has 0 atom stereocenters. The highest BCUT2D eigenvalue weighted by molar-refractivity contribution is 5.91. The van der Waals surface area contributed by atoms with E-state index in [-0.39, 0.29) is 5.91 Å². The number of H-pyrrole nitrogens is 1. The van der Waals surface area contributed by atoms with Gasteiger partial charge in [0.1, 0.15) is 0 Å². The van der Waals surface area contributed by atoms with E-state index in [9.17, 15) is 4.79 Å².